The molecule has 0 bridgehead atoms. The summed E-state index contributed by atoms with van der Waals surface area (Å²) in [6.45, 7) is 0. The molecule has 1 aliphatic carbocycles. The first-order chi connectivity index (χ1) is 25.8. The zero-order valence-corrected chi connectivity index (χ0v) is 28.3. The second-order valence-corrected chi connectivity index (χ2v) is 13.7. The molecule has 2 heterocycles. The minimum absolute atomic E-state index is 0.539. The summed E-state index contributed by atoms with van der Waals surface area (Å²) < 4.78 is 9.14. The summed E-state index contributed by atoms with van der Waals surface area (Å²) >= 11 is 0. The molecule has 3 heteroatoms. The average Bonchev–Trinajstić information content (AvgIpc) is 3.70. The monoisotopic (exact) mass is 664 g/mol. The van der Waals surface area contributed by atoms with Gasteiger partial charge in [-0.3, -0.25) is 0 Å². The molecule has 0 atom stereocenters. The number of benzene rings is 8. The standard InChI is InChI=1S/C49H32N2O/c1-3-15-33(16-4-1)50(35-27-29-46-40(31-35)39-21-9-13-25-45(39)51(46)34-17-5-2-6-18-34)36-28-30-48-44(32-36)49(43-24-12-14-26-47(43)52-48)41-22-10-7-19-37(41)38-20-8-11-23-42(38)49/h1-32H. The quantitative estimate of drug-likeness (QED) is 0.186. The molecule has 0 unspecified atom stereocenters. The van der Waals surface area contributed by atoms with E-state index < -0.39 is 5.41 Å². The summed E-state index contributed by atoms with van der Waals surface area (Å²) in [7, 11) is 0. The highest BCUT2D eigenvalue weighted by atomic mass is 16.5. The second-order valence-electron chi connectivity index (χ2n) is 13.7. The van der Waals surface area contributed by atoms with E-state index >= 15 is 0 Å². The number of nitrogens with zero attached hydrogens (tertiary/aromatic N) is 2. The summed E-state index contributed by atoms with van der Waals surface area (Å²) in [5, 5.41) is 2.44. The van der Waals surface area contributed by atoms with Gasteiger partial charge in [0, 0.05) is 44.6 Å². The molecule has 0 saturated carbocycles. The van der Waals surface area contributed by atoms with E-state index in [1.165, 1.54) is 49.6 Å². The Labute approximate surface area is 302 Å². The highest BCUT2D eigenvalue weighted by Crippen LogP contribution is 2.62. The van der Waals surface area contributed by atoms with Gasteiger partial charge in [0.1, 0.15) is 11.5 Å². The molecule has 0 saturated heterocycles. The van der Waals surface area contributed by atoms with Crippen LogP contribution in [0, 0.1) is 0 Å². The van der Waals surface area contributed by atoms with Gasteiger partial charge >= 0.3 is 0 Å². The molecular formula is C49H32N2O. The summed E-state index contributed by atoms with van der Waals surface area (Å²) in [5.74, 6) is 1.78. The van der Waals surface area contributed by atoms with Gasteiger partial charge in [0.15, 0.2) is 0 Å². The van der Waals surface area contributed by atoms with E-state index in [0.717, 1.165) is 39.8 Å². The van der Waals surface area contributed by atoms with Gasteiger partial charge in [-0.25, -0.2) is 0 Å². The fraction of sp³-hybridized carbons (Fsp3) is 0.0204. The Morgan fingerprint density at radius 2 is 0.942 bits per heavy atom. The van der Waals surface area contributed by atoms with E-state index in [4.69, 9.17) is 4.74 Å². The Balaban J connectivity index is 1.17. The summed E-state index contributed by atoms with van der Waals surface area (Å²) in [6, 6.07) is 70.0. The van der Waals surface area contributed by atoms with Gasteiger partial charge in [-0.1, -0.05) is 121 Å². The molecule has 0 amide bonds. The number of hydrogen-bond acceptors (Lipinski definition) is 2. The predicted octanol–water partition coefficient (Wildman–Crippen LogP) is 12.7. The maximum absolute atomic E-state index is 6.77. The summed E-state index contributed by atoms with van der Waals surface area (Å²) in [6.07, 6.45) is 0. The fourth-order valence-electron chi connectivity index (χ4n) is 8.96. The van der Waals surface area contributed by atoms with Gasteiger partial charge in [0.05, 0.1) is 16.4 Å². The number of ether oxygens (including phenoxy) is 1. The van der Waals surface area contributed by atoms with Crippen molar-refractivity contribution in [3.8, 4) is 28.3 Å². The normalized spacial score (nSPS) is 13.3. The smallest absolute Gasteiger partial charge is 0.132 e. The van der Waals surface area contributed by atoms with E-state index in [1.807, 2.05) is 0 Å². The first-order valence-corrected chi connectivity index (χ1v) is 17.9. The molecule has 1 aliphatic heterocycles. The van der Waals surface area contributed by atoms with Gasteiger partial charge in [-0.2, -0.15) is 0 Å². The minimum atomic E-state index is -0.539. The van der Waals surface area contributed by atoms with Crippen molar-refractivity contribution in [3.63, 3.8) is 0 Å². The molecule has 3 nitrogen and oxygen atoms in total. The largest absolute Gasteiger partial charge is 0.457 e. The Kier molecular flexibility index (Phi) is 6.17. The molecule has 2 aliphatic rings. The van der Waals surface area contributed by atoms with E-state index in [0.29, 0.717) is 0 Å². The van der Waals surface area contributed by atoms with Crippen LogP contribution in [0.1, 0.15) is 22.3 Å². The minimum Gasteiger partial charge on any atom is -0.457 e. The van der Waals surface area contributed by atoms with Crippen LogP contribution in [0.2, 0.25) is 0 Å². The van der Waals surface area contributed by atoms with Gasteiger partial charge in [-0.05, 0) is 95.1 Å². The molecule has 8 aromatic carbocycles. The van der Waals surface area contributed by atoms with Crippen molar-refractivity contribution in [2.45, 2.75) is 5.41 Å². The molecule has 0 N–H and O–H groups in total. The molecule has 9 aromatic rings. The Morgan fingerprint density at radius 3 is 1.71 bits per heavy atom. The van der Waals surface area contributed by atoms with E-state index in [9.17, 15) is 0 Å². The average molecular weight is 665 g/mol. The molecule has 1 aromatic heterocycles. The maximum Gasteiger partial charge on any atom is 0.132 e. The number of rotatable bonds is 4. The zero-order valence-electron chi connectivity index (χ0n) is 28.3. The molecule has 0 radical (unpaired) electrons. The SMILES string of the molecule is c1ccc(N(c2ccc3c(c2)C2(c4ccccc4O3)c3ccccc3-c3ccccc32)c2ccc3c(c2)c2ccccc2n3-c2ccccc2)cc1. The van der Waals surface area contributed by atoms with Crippen molar-refractivity contribution >= 4 is 38.9 Å². The second kappa shape index (κ2) is 11.1. The number of fused-ring (bicyclic) bond motifs is 12. The zero-order chi connectivity index (χ0) is 34.2. The fourth-order valence-corrected chi connectivity index (χ4v) is 8.96. The van der Waals surface area contributed by atoms with Crippen molar-refractivity contribution in [1.82, 2.24) is 4.57 Å². The molecule has 52 heavy (non-hydrogen) atoms. The highest BCUT2D eigenvalue weighted by molar-refractivity contribution is 6.10. The Morgan fingerprint density at radius 1 is 0.385 bits per heavy atom. The Hall–Kier alpha value is -6.84. The first kappa shape index (κ1) is 28.9. The molecule has 244 valence electrons. The lowest BCUT2D eigenvalue weighted by Gasteiger charge is -2.40. The summed E-state index contributed by atoms with van der Waals surface area (Å²) in [4.78, 5) is 2.38. The van der Waals surface area contributed by atoms with Crippen LogP contribution < -0.4 is 9.64 Å². The van der Waals surface area contributed by atoms with Gasteiger partial charge < -0.3 is 14.2 Å². The van der Waals surface area contributed by atoms with Crippen LogP contribution >= 0.6 is 0 Å². The van der Waals surface area contributed by atoms with Crippen LogP contribution in [0.15, 0.2) is 194 Å². The van der Waals surface area contributed by atoms with Gasteiger partial charge in [-0.15, -0.1) is 0 Å². The third-order valence-corrected chi connectivity index (χ3v) is 11.0. The molecule has 0 fully saturated rings. The molecular weight excluding hydrogens is 633 g/mol. The van der Waals surface area contributed by atoms with Crippen molar-refractivity contribution in [1.29, 1.82) is 0 Å². The van der Waals surface area contributed by atoms with E-state index in [2.05, 4.69) is 204 Å². The highest BCUT2D eigenvalue weighted by Gasteiger charge is 2.51. The number of para-hydroxylation sites is 4. The maximum atomic E-state index is 6.77. The lowest BCUT2D eigenvalue weighted by molar-refractivity contribution is 0.436. The van der Waals surface area contributed by atoms with Crippen LogP contribution in [0.3, 0.4) is 0 Å². The Bertz CT molecular complexity index is 2790. The van der Waals surface area contributed by atoms with E-state index in [-0.39, 0.29) is 0 Å². The molecule has 1 spiro atoms. The van der Waals surface area contributed by atoms with Crippen molar-refractivity contribution in [3.05, 3.63) is 216 Å². The number of hydrogen-bond donors (Lipinski definition) is 0. The summed E-state index contributed by atoms with van der Waals surface area (Å²) in [5.41, 5.74) is 13.6. The molecule has 11 rings (SSSR count). The van der Waals surface area contributed by atoms with Crippen LogP contribution in [0.25, 0.3) is 38.6 Å². The van der Waals surface area contributed by atoms with E-state index in [1.54, 1.807) is 0 Å². The van der Waals surface area contributed by atoms with Crippen LogP contribution in [-0.4, -0.2) is 4.57 Å². The van der Waals surface area contributed by atoms with Gasteiger partial charge in [0.25, 0.3) is 0 Å². The van der Waals surface area contributed by atoms with Crippen LogP contribution in [0.5, 0.6) is 11.5 Å². The van der Waals surface area contributed by atoms with Gasteiger partial charge in [0.2, 0.25) is 0 Å². The lowest BCUT2D eigenvalue weighted by Crippen LogP contribution is -2.32. The number of anilines is 3. The first-order valence-electron chi connectivity index (χ1n) is 17.9. The third-order valence-electron chi connectivity index (χ3n) is 11.0. The topological polar surface area (TPSA) is 17.4 Å². The lowest BCUT2D eigenvalue weighted by atomic mass is 9.66. The van der Waals surface area contributed by atoms with Crippen molar-refractivity contribution < 1.29 is 4.74 Å². The van der Waals surface area contributed by atoms with Crippen LogP contribution in [-0.2, 0) is 5.41 Å². The third kappa shape index (κ3) is 3.96. The van der Waals surface area contributed by atoms with Crippen molar-refractivity contribution in [2.24, 2.45) is 0 Å². The van der Waals surface area contributed by atoms with Crippen molar-refractivity contribution in [2.75, 3.05) is 4.90 Å². The number of aromatic nitrogens is 1. The van der Waals surface area contributed by atoms with Crippen LogP contribution in [0.4, 0.5) is 17.1 Å². The predicted molar refractivity (Wildman–Crippen MR) is 213 cm³/mol.